The Bertz CT molecular complexity index is 279. The average Bonchev–Trinajstić information content (AvgIpc) is 1.93. The van der Waals surface area contributed by atoms with Crippen LogP contribution in [-0.4, -0.2) is 5.97 Å². The fourth-order valence-electron chi connectivity index (χ4n) is 0.719. The molecule has 0 aliphatic heterocycles. The molecule has 1 aromatic carbocycles. The minimum Gasteiger partial charge on any atom is -0.560 e. The number of hydrogen-bond donors (Lipinski definition) is 0. The summed E-state index contributed by atoms with van der Waals surface area (Å²) >= 11 is 0. The Kier molecular flexibility index (Phi) is 9.63. The topological polar surface area (TPSA) is 40.1 Å². The molecule has 0 spiro atoms. The van der Waals surface area contributed by atoms with Crippen molar-refractivity contribution in [1.82, 2.24) is 0 Å². The van der Waals surface area contributed by atoms with Crippen LogP contribution in [0.15, 0.2) is 24.3 Å². The fourth-order valence-corrected chi connectivity index (χ4v) is 0.719. The number of carboxylic acid groups (broad SMARTS) is 1. The number of aliphatic carboxylic acids is 1. The summed E-state index contributed by atoms with van der Waals surface area (Å²) in [6.07, 6.45) is 0.718. The Morgan fingerprint density at radius 3 is 2.31 bits per heavy atom. The predicted molar refractivity (Wildman–Crippen MR) is 34.8 cm³/mol. The van der Waals surface area contributed by atoms with Gasteiger partial charge in [0.1, 0.15) is 0 Å². The van der Waals surface area contributed by atoms with Crippen LogP contribution in [0.5, 0.6) is 0 Å². The Hall–Kier alpha value is 0.490. The molecule has 0 atom stereocenters. The second-order valence-corrected chi connectivity index (χ2v) is 1.98. The summed E-state index contributed by atoms with van der Waals surface area (Å²) in [4.78, 5) is 9.99. The van der Waals surface area contributed by atoms with Gasteiger partial charge in [0.15, 0.2) is 0 Å². The van der Waals surface area contributed by atoms with Gasteiger partial charge < -0.3 is 9.90 Å². The van der Waals surface area contributed by atoms with Gasteiger partial charge in [0.05, 0.1) is 0 Å². The molecule has 0 heterocycles. The van der Waals surface area contributed by atoms with Gasteiger partial charge in [-0.2, -0.15) is 11.6 Å². The first-order valence-corrected chi connectivity index (χ1v) is 3.00. The van der Waals surface area contributed by atoms with E-state index in [1.54, 1.807) is 6.07 Å². The van der Waals surface area contributed by atoms with Crippen LogP contribution in [0.4, 0.5) is 4.39 Å². The van der Waals surface area contributed by atoms with Crippen LogP contribution in [0.25, 0.3) is 0 Å². The molecule has 2 nitrogen and oxygen atoms in total. The van der Waals surface area contributed by atoms with Crippen molar-refractivity contribution in [2.24, 2.45) is 0 Å². The molecule has 58 valence electrons. The Labute approximate surface area is 120 Å². The molecule has 0 aromatic heterocycles. The van der Waals surface area contributed by atoms with E-state index in [1.165, 1.54) is 18.2 Å². The number of halogens is 1. The largest absolute Gasteiger partial charge is 1.00 e. The van der Waals surface area contributed by atoms with Crippen LogP contribution in [-0.2, 0) is 4.79 Å². The van der Waals surface area contributed by atoms with Crippen molar-refractivity contribution in [3.8, 4) is 0 Å². The molecule has 0 unspecified atom stereocenters. The molecule has 0 aliphatic carbocycles. The number of benzene rings is 1. The standard InChI is InChI=1S/C8H6FO2.2Na/c9-7-4-2-1-3-6(7)5-8(10)11;;/h1-5H,(H,10,11);;/q-1;2*+1/p-1. The van der Waals surface area contributed by atoms with E-state index in [-0.39, 0.29) is 64.7 Å². The maximum Gasteiger partial charge on any atom is 1.00 e. The van der Waals surface area contributed by atoms with Gasteiger partial charge in [-0.3, -0.25) is 4.39 Å². The van der Waals surface area contributed by atoms with Gasteiger partial charge in [-0.25, -0.2) is 0 Å². The van der Waals surface area contributed by atoms with E-state index in [0.29, 0.717) is 0 Å². The summed E-state index contributed by atoms with van der Waals surface area (Å²) in [6.45, 7) is 0. The number of carbonyl (C=O) groups excluding carboxylic acids is 1. The Morgan fingerprint density at radius 2 is 1.85 bits per heavy atom. The van der Waals surface area contributed by atoms with E-state index in [4.69, 9.17) is 0 Å². The second kappa shape index (κ2) is 7.85. The maximum absolute atomic E-state index is 12.6. The summed E-state index contributed by atoms with van der Waals surface area (Å²) in [5.74, 6) is -1.95. The average molecular weight is 198 g/mol. The molecular weight excluding hydrogens is 193 g/mol. The quantitative estimate of drug-likeness (QED) is 0.351. The molecule has 0 aliphatic rings. The van der Waals surface area contributed by atoms with Crippen molar-refractivity contribution < 1.29 is 73.4 Å². The van der Waals surface area contributed by atoms with Gasteiger partial charge in [-0.1, -0.05) is 12.1 Å². The number of carboxylic acids is 1. The van der Waals surface area contributed by atoms with Crippen molar-refractivity contribution in [1.29, 1.82) is 0 Å². The van der Waals surface area contributed by atoms with Crippen molar-refractivity contribution in [3.05, 3.63) is 42.1 Å². The van der Waals surface area contributed by atoms with E-state index in [9.17, 15) is 14.3 Å². The third-order valence-electron chi connectivity index (χ3n) is 1.18. The zero-order valence-electron chi connectivity index (χ0n) is 7.58. The van der Waals surface area contributed by atoms with Crippen LogP contribution in [0.1, 0.15) is 5.56 Å². The van der Waals surface area contributed by atoms with Gasteiger partial charge in [0.25, 0.3) is 0 Å². The summed E-state index contributed by atoms with van der Waals surface area (Å²) in [5.41, 5.74) is 0.0347. The first-order valence-electron chi connectivity index (χ1n) is 3.00. The van der Waals surface area contributed by atoms with Gasteiger partial charge in [0.2, 0.25) is 0 Å². The fraction of sp³-hybridized carbons (Fsp3) is 0. The SMILES string of the molecule is O=C([O-])[CH-]c1ccccc1F.[Na+].[Na+]. The minimum atomic E-state index is -1.39. The smallest absolute Gasteiger partial charge is 0.560 e. The first kappa shape index (κ1) is 15.9. The first-order chi connectivity index (χ1) is 5.20. The van der Waals surface area contributed by atoms with E-state index < -0.39 is 11.8 Å². The maximum atomic E-state index is 12.6. The molecule has 0 fully saturated rings. The second-order valence-electron chi connectivity index (χ2n) is 1.98. The van der Waals surface area contributed by atoms with E-state index in [0.717, 1.165) is 6.42 Å². The van der Waals surface area contributed by atoms with E-state index in [1.807, 2.05) is 0 Å². The van der Waals surface area contributed by atoms with Crippen LogP contribution in [0.3, 0.4) is 0 Å². The molecule has 1 aromatic rings. The van der Waals surface area contributed by atoms with Crippen LogP contribution < -0.4 is 64.2 Å². The molecule has 0 amide bonds. The Morgan fingerprint density at radius 1 is 1.31 bits per heavy atom. The molecule has 0 saturated carbocycles. The molecule has 0 bridgehead atoms. The zero-order chi connectivity index (χ0) is 8.27. The summed E-state index contributed by atoms with van der Waals surface area (Å²) in [5, 5.41) is 9.99. The molecule has 5 heteroatoms. The Balaban J connectivity index is 0. The van der Waals surface area contributed by atoms with Crippen LogP contribution in [0, 0.1) is 12.2 Å². The van der Waals surface area contributed by atoms with Gasteiger partial charge in [0, 0.05) is 11.8 Å². The van der Waals surface area contributed by atoms with Crippen molar-refractivity contribution in [2.45, 2.75) is 0 Å². The summed E-state index contributed by atoms with van der Waals surface area (Å²) < 4.78 is 12.6. The monoisotopic (exact) mass is 198 g/mol. The van der Waals surface area contributed by atoms with Crippen molar-refractivity contribution in [3.63, 3.8) is 0 Å². The predicted octanol–water partition coefficient (Wildman–Crippen LogP) is -5.86. The van der Waals surface area contributed by atoms with Gasteiger partial charge in [-0.15, -0.1) is 12.5 Å². The molecule has 0 N–H and O–H groups in total. The molecule has 0 saturated heterocycles. The summed E-state index contributed by atoms with van der Waals surface area (Å²) in [6, 6.07) is 5.60. The van der Waals surface area contributed by atoms with Gasteiger partial charge >= 0.3 is 59.1 Å². The molecular formula is C8H5FNa2O2. The van der Waals surface area contributed by atoms with Crippen molar-refractivity contribution >= 4 is 5.97 Å². The minimum absolute atomic E-state index is 0. The number of carbonyl (C=O) groups is 1. The van der Waals surface area contributed by atoms with Gasteiger partial charge in [-0.05, 0) is 0 Å². The third kappa shape index (κ3) is 5.73. The molecule has 13 heavy (non-hydrogen) atoms. The van der Waals surface area contributed by atoms with Crippen LogP contribution in [0.2, 0.25) is 0 Å². The number of hydrogen-bond acceptors (Lipinski definition) is 2. The number of rotatable bonds is 2. The van der Waals surface area contributed by atoms with E-state index >= 15 is 0 Å². The summed E-state index contributed by atoms with van der Waals surface area (Å²) in [7, 11) is 0. The zero-order valence-corrected chi connectivity index (χ0v) is 11.6. The molecule has 0 radical (unpaired) electrons. The van der Waals surface area contributed by atoms with Crippen molar-refractivity contribution in [2.75, 3.05) is 0 Å². The van der Waals surface area contributed by atoms with E-state index in [2.05, 4.69) is 0 Å². The molecule has 1 rings (SSSR count). The third-order valence-corrected chi connectivity index (χ3v) is 1.18. The normalized spacial score (nSPS) is 7.77. The van der Waals surface area contributed by atoms with Crippen LogP contribution >= 0.6 is 0 Å².